The average Bonchev–Trinajstić information content (AvgIpc) is 2.65. The third kappa shape index (κ3) is 3.78. The predicted octanol–water partition coefficient (Wildman–Crippen LogP) is 6.50. The molecule has 0 heterocycles. The highest BCUT2D eigenvalue weighted by molar-refractivity contribution is 5.95. The first-order valence-electron chi connectivity index (χ1n) is 9.45. The van der Waals surface area contributed by atoms with Gasteiger partial charge in [-0.05, 0) is 70.6 Å². The van der Waals surface area contributed by atoms with E-state index in [4.69, 9.17) is 0 Å². The largest absolute Gasteiger partial charge is 0.316 e. The summed E-state index contributed by atoms with van der Waals surface area (Å²) in [6, 6.07) is 13.8. The van der Waals surface area contributed by atoms with Crippen LogP contribution in [-0.4, -0.2) is 5.91 Å². The number of allylic oxidation sites excluding steroid dienone is 1. The number of carbonyl (C=O) groups is 1. The Morgan fingerprint density at radius 3 is 2.04 bits per heavy atom. The van der Waals surface area contributed by atoms with Gasteiger partial charge in [0.2, 0.25) is 0 Å². The van der Waals surface area contributed by atoms with Crippen LogP contribution in [0.3, 0.4) is 0 Å². The summed E-state index contributed by atoms with van der Waals surface area (Å²) in [5.41, 5.74) is 7.01. The Kier molecular flexibility index (Phi) is 4.90. The molecular formula is C24H27NO2. The van der Waals surface area contributed by atoms with E-state index in [1.165, 1.54) is 35.1 Å². The highest BCUT2D eigenvalue weighted by Crippen LogP contribution is 2.46. The van der Waals surface area contributed by atoms with Gasteiger partial charge in [-0.25, -0.2) is 0 Å². The van der Waals surface area contributed by atoms with E-state index >= 15 is 0 Å². The standard InChI is InChI=1S/C24H27NO2/c1-16(14-17-6-8-18(9-7-17)22(26)25-27)19-10-11-20-21(15-19)24(4,5)13-12-23(20,2)3/h6-11,14-15H,12-13H2,1-5H3/b16-14+. The molecule has 0 bridgehead atoms. The molecule has 0 fully saturated rings. The molecule has 0 saturated carbocycles. The second-order valence-electron chi connectivity index (χ2n) is 8.87. The second kappa shape index (κ2) is 6.88. The Morgan fingerprint density at radius 2 is 1.44 bits per heavy atom. The maximum Gasteiger partial charge on any atom is 0.316 e. The lowest BCUT2D eigenvalue weighted by molar-refractivity contribution is 0.100. The van der Waals surface area contributed by atoms with Gasteiger partial charge >= 0.3 is 5.91 Å². The SMILES string of the molecule is C/C(=C\c1ccc(C(=O)N=O)cc1)c1ccc2c(c1)C(C)(C)CCC2(C)C. The second-order valence-corrected chi connectivity index (χ2v) is 8.87. The highest BCUT2D eigenvalue weighted by Gasteiger charge is 2.36. The summed E-state index contributed by atoms with van der Waals surface area (Å²) in [4.78, 5) is 21.7. The van der Waals surface area contributed by atoms with Crippen LogP contribution in [0.4, 0.5) is 0 Å². The van der Waals surface area contributed by atoms with E-state index in [1.807, 2.05) is 12.1 Å². The van der Waals surface area contributed by atoms with Crippen LogP contribution in [0.1, 0.15) is 80.1 Å². The van der Waals surface area contributed by atoms with E-state index in [-0.39, 0.29) is 10.8 Å². The summed E-state index contributed by atoms with van der Waals surface area (Å²) in [6.45, 7) is 11.4. The van der Waals surface area contributed by atoms with Crippen LogP contribution in [0.15, 0.2) is 47.6 Å². The maximum absolute atomic E-state index is 11.3. The highest BCUT2D eigenvalue weighted by atomic mass is 16.3. The summed E-state index contributed by atoms with van der Waals surface area (Å²) in [7, 11) is 0. The number of rotatable bonds is 3. The summed E-state index contributed by atoms with van der Waals surface area (Å²) in [5, 5.41) is 2.46. The van der Waals surface area contributed by atoms with Gasteiger partial charge in [0.05, 0.1) is 0 Å². The number of nitroso groups, excluding NO2 is 1. The monoisotopic (exact) mass is 361 g/mol. The Morgan fingerprint density at radius 1 is 0.889 bits per heavy atom. The van der Waals surface area contributed by atoms with Crippen LogP contribution in [0.2, 0.25) is 0 Å². The molecule has 1 aliphatic carbocycles. The lowest BCUT2D eigenvalue weighted by atomic mass is 9.63. The van der Waals surface area contributed by atoms with Crippen molar-refractivity contribution in [2.75, 3.05) is 0 Å². The molecule has 0 radical (unpaired) electrons. The van der Waals surface area contributed by atoms with Gasteiger partial charge in [-0.1, -0.05) is 64.1 Å². The molecule has 140 valence electrons. The summed E-state index contributed by atoms with van der Waals surface area (Å²) < 4.78 is 0. The Labute approximate surface area is 161 Å². The van der Waals surface area contributed by atoms with Crippen LogP contribution >= 0.6 is 0 Å². The normalized spacial score (nSPS) is 17.9. The minimum absolute atomic E-state index is 0.185. The summed E-state index contributed by atoms with van der Waals surface area (Å²) >= 11 is 0. The number of carbonyl (C=O) groups excluding carboxylic acids is 1. The number of amides is 1. The molecule has 0 unspecified atom stereocenters. The fraction of sp³-hybridized carbons (Fsp3) is 0.375. The van der Waals surface area contributed by atoms with Crippen molar-refractivity contribution in [3.63, 3.8) is 0 Å². The van der Waals surface area contributed by atoms with Crippen molar-refractivity contribution < 1.29 is 4.79 Å². The zero-order valence-electron chi connectivity index (χ0n) is 16.8. The van der Waals surface area contributed by atoms with Crippen molar-refractivity contribution >= 4 is 17.6 Å². The first-order chi connectivity index (χ1) is 12.6. The predicted molar refractivity (Wildman–Crippen MR) is 112 cm³/mol. The molecule has 0 atom stereocenters. The van der Waals surface area contributed by atoms with Crippen molar-refractivity contribution in [3.05, 3.63) is 75.2 Å². The molecule has 0 spiro atoms. The van der Waals surface area contributed by atoms with E-state index in [1.54, 1.807) is 12.1 Å². The van der Waals surface area contributed by atoms with Crippen molar-refractivity contribution in [2.45, 2.75) is 58.3 Å². The fourth-order valence-electron chi connectivity index (χ4n) is 3.94. The molecule has 0 aliphatic heterocycles. The van der Waals surface area contributed by atoms with Crippen molar-refractivity contribution in [3.8, 4) is 0 Å². The number of fused-ring (bicyclic) bond motifs is 1. The average molecular weight is 361 g/mol. The first-order valence-corrected chi connectivity index (χ1v) is 9.45. The third-order valence-corrected chi connectivity index (χ3v) is 5.93. The summed E-state index contributed by atoms with van der Waals surface area (Å²) in [5.74, 6) is -0.734. The van der Waals surface area contributed by atoms with Gasteiger partial charge in [0.15, 0.2) is 0 Å². The van der Waals surface area contributed by atoms with Crippen molar-refractivity contribution in [1.82, 2.24) is 0 Å². The topological polar surface area (TPSA) is 46.5 Å². The molecule has 3 heteroatoms. The van der Waals surface area contributed by atoms with Gasteiger partial charge < -0.3 is 0 Å². The number of hydrogen-bond acceptors (Lipinski definition) is 2. The van der Waals surface area contributed by atoms with E-state index in [0.717, 1.165) is 5.56 Å². The molecular weight excluding hydrogens is 334 g/mol. The fourth-order valence-corrected chi connectivity index (χ4v) is 3.94. The van der Waals surface area contributed by atoms with E-state index in [0.29, 0.717) is 5.56 Å². The van der Waals surface area contributed by atoms with Gasteiger partial charge in [-0.3, -0.25) is 4.79 Å². The smallest absolute Gasteiger partial charge is 0.263 e. The minimum atomic E-state index is -0.734. The molecule has 0 aromatic heterocycles. The summed E-state index contributed by atoms with van der Waals surface area (Å²) in [6.07, 6.45) is 4.51. The molecule has 0 saturated heterocycles. The first kappa shape index (κ1) is 19.2. The number of benzene rings is 2. The zero-order valence-corrected chi connectivity index (χ0v) is 16.8. The Bertz CT molecular complexity index is 918. The van der Waals surface area contributed by atoms with Gasteiger partial charge in [-0.2, -0.15) is 0 Å². The van der Waals surface area contributed by atoms with Crippen LogP contribution in [0.25, 0.3) is 11.6 Å². The van der Waals surface area contributed by atoms with E-state index in [9.17, 15) is 9.70 Å². The molecule has 2 aromatic carbocycles. The van der Waals surface area contributed by atoms with Crippen LogP contribution in [-0.2, 0) is 10.8 Å². The maximum atomic E-state index is 11.3. The Balaban J connectivity index is 1.96. The quantitative estimate of drug-likeness (QED) is 0.462. The molecule has 0 N–H and O–H groups in total. The Hall–Kier alpha value is -2.55. The molecule has 27 heavy (non-hydrogen) atoms. The molecule has 3 rings (SSSR count). The van der Waals surface area contributed by atoms with Crippen LogP contribution in [0, 0.1) is 4.91 Å². The zero-order chi connectivity index (χ0) is 19.8. The molecule has 1 amide bonds. The number of hydrogen-bond donors (Lipinski definition) is 0. The minimum Gasteiger partial charge on any atom is -0.263 e. The molecule has 3 nitrogen and oxygen atoms in total. The van der Waals surface area contributed by atoms with Gasteiger partial charge in [0.25, 0.3) is 0 Å². The van der Waals surface area contributed by atoms with E-state index < -0.39 is 5.91 Å². The number of nitrogens with zero attached hydrogens (tertiary/aromatic N) is 1. The van der Waals surface area contributed by atoms with Crippen LogP contribution in [0.5, 0.6) is 0 Å². The molecule has 1 aliphatic rings. The molecule has 2 aromatic rings. The van der Waals surface area contributed by atoms with E-state index in [2.05, 4.69) is 64.1 Å². The van der Waals surface area contributed by atoms with Gasteiger partial charge in [-0.15, -0.1) is 4.91 Å². The van der Waals surface area contributed by atoms with Gasteiger partial charge in [0.1, 0.15) is 0 Å². The van der Waals surface area contributed by atoms with Gasteiger partial charge in [0, 0.05) is 10.7 Å². The lowest BCUT2D eigenvalue weighted by Crippen LogP contribution is -2.33. The lowest BCUT2D eigenvalue weighted by Gasteiger charge is -2.42. The van der Waals surface area contributed by atoms with Crippen LogP contribution < -0.4 is 0 Å². The van der Waals surface area contributed by atoms with Crippen molar-refractivity contribution in [2.24, 2.45) is 5.18 Å². The van der Waals surface area contributed by atoms with Crippen molar-refractivity contribution in [1.29, 1.82) is 0 Å². The third-order valence-electron chi connectivity index (χ3n) is 5.93.